The summed E-state index contributed by atoms with van der Waals surface area (Å²) in [5, 5.41) is 6.27. The van der Waals surface area contributed by atoms with Gasteiger partial charge in [0.05, 0.1) is 20.6 Å². The molecule has 12 heteroatoms. The number of carbonyl (C=O) groups is 1. The average Bonchev–Trinajstić information content (AvgIpc) is 2.84. The topological polar surface area (TPSA) is 108 Å². The molecule has 0 saturated carbocycles. The first-order chi connectivity index (χ1) is 16.3. The van der Waals surface area contributed by atoms with Gasteiger partial charge in [-0.05, 0) is 35.9 Å². The molecule has 1 aliphatic heterocycles. The Hall–Kier alpha value is -2.92. The van der Waals surface area contributed by atoms with Gasteiger partial charge in [-0.2, -0.15) is 4.31 Å². The molecule has 1 saturated heterocycles. The average molecular weight is 521 g/mol. The second-order valence-electron chi connectivity index (χ2n) is 7.54. The van der Waals surface area contributed by atoms with Gasteiger partial charge in [-0.15, -0.1) is 0 Å². The number of carbonyl (C=O) groups excluding carboxylic acids is 1. The van der Waals surface area contributed by atoms with E-state index < -0.39 is 16.1 Å². The number of pyridine rings is 2. The van der Waals surface area contributed by atoms with Crippen LogP contribution in [0, 0.1) is 0 Å². The van der Waals surface area contributed by atoms with Gasteiger partial charge < -0.3 is 15.5 Å². The number of sulfonamides is 1. The number of urea groups is 1. The lowest BCUT2D eigenvalue weighted by Gasteiger charge is -2.36. The quantitative estimate of drug-likeness (QED) is 0.513. The minimum Gasteiger partial charge on any atom is -0.366 e. The SMILES string of the molecule is O=C(NCc1cccnc1)Nc1ccc(S(=O)(=O)N2CCN(c3c(Cl)cncc3Cl)CC2)cc1. The zero-order valence-corrected chi connectivity index (χ0v) is 20.3. The van der Waals surface area contributed by atoms with Crippen molar-refractivity contribution in [3.05, 3.63) is 76.8 Å². The molecule has 0 atom stereocenters. The maximum Gasteiger partial charge on any atom is 0.319 e. The van der Waals surface area contributed by atoms with Crippen LogP contribution in [-0.4, -0.2) is 54.9 Å². The van der Waals surface area contributed by atoms with Gasteiger partial charge in [0.1, 0.15) is 0 Å². The first kappa shape index (κ1) is 24.2. The molecular weight excluding hydrogens is 499 g/mol. The van der Waals surface area contributed by atoms with Crippen LogP contribution < -0.4 is 15.5 Å². The lowest BCUT2D eigenvalue weighted by atomic mass is 10.3. The highest BCUT2D eigenvalue weighted by Gasteiger charge is 2.29. The Morgan fingerprint density at radius 1 is 0.941 bits per heavy atom. The fourth-order valence-corrected chi connectivity index (χ4v) is 5.60. The highest BCUT2D eigenvalue weighted by Crippen LogP contribution is 2.33. The zero-order valence-electron chi connectivity index (χ0n) is 18.0. The summed E-state index contributed by atoms with van der Waals surface area (Å²) in [5.74, 6) is 0. The third kappa shape index (κ3) is 5.58. The fraction of sp³-hybridized carbons (Fsp3) is 0.227. The van der Waals surface area contributed by atoms with Crippen molar-refractivity contribution in [2.45, 2.75) is 11.4 Å². The van der Waals surface area contributed by atoms with Crippen molar-refractivity contribution in [1.82, 2.24) is 19.6 Å². The molecule has 3 heterocycles. The summed E-state index contributed by atoms with van der Waals surface area (Å²) in [7, 11) is -3.69. The first-order valence-corrected chi connectivity index (χ1v) is 12.6. The van der Waals surface area contributed by atoms with Crippen molar-refractivity contribution >= 4 is 50.6 Å². The maximum absolute atomic E-state index is 13.1. The fourth-order valence-electron chi connectivity index (χ4n) is 3.58. The molecule has 9 nitrogen and oxygen atoms in total. The van der Waals surface area contributed by atoms with Gasteiger partial charge in [0, 0.05) is 63.2 Å². The zero-order chi connectivity index (χ0) is 24.1. The molecule has 2 N–H and O–H groups in total. The van der Waals surface area contributed by atoms with E-state index in [1.807, 2.05) is 11.0 Å². The minimum atomic E-state index is -3.69. The molecule has 0 unspecified atom stereocenters. The number of nitrogens with zero attached hydrogens (tertiary/aromatic N) is 4. The van der Waals surface area contributed by atoms with E-state index in [0.717, 1.165) is 5.56 Å². The summed E-state index contributed by atoms with van der Waals surface area (Å²) in [4.78, 5) is 22.2. The van der Waals surface area contributed by atoms with Crippen LogP contribution in [0.3, 0.4) is 0 Å². The molecule has 3 aromatic rings. The Morgan fingerprint density at radius 2 is 1.62 bits per heavy atom. The molecule has 34 heavy (non-hydrogen) atoms. The number of halogens is 2. The molecule has 1 aromatic carbocycles. The first-order valence-electron chi connectivity index (χ1n) is 10.4. The molecule has 178 valence electrons. The highest BCUT2D eigenvalue weighted by atomic mass is 35.5. The van der Waals surface area contributed by atoms with Crippen molar-refractivity contribution in [2.75, 3.05) is 36.4 Å². The number of aromatic nitrogens is 2. The third-order valence-electron chi connectivity index (χ3n) is 5.31. The van der Waals surface area contributed by atoms with Crippen LogP contribution in [0.1, 0.15) is 5.56 Å². The van der Waals surface area contributed by atoms with Gasteiger partial charge in [0.2, 0.25) is 10.0 Å². The second kappa shape index (κ2) is 10.6. The monoisotopic (exact) mass is 520 g/mol. The minimum absolute atomic E-state index is 0.155. The van der Waals surface area contributed by atoms with Crippen molar-refractivity contribution in [3.63, 3.8) is 0 Å². The molecule has 0 radical (unpaired) electrons. The van der Waals surface area contributed by atoms with Crippen LogP contribution in [0.25, 0.3) is 0 Å². The van der Waals surface area contributed by atoms with Gasteiger partial charge in [0.25, 0.3) is 0 Å². The standard InChI is InChI=1S/C22H22Cl2N6O3S/c23-19-14-26-15-20(24)21(19)29-8-10-30(11-9-29)34(32,33)18-5-3-17(4-6-18)28-22(31)27-13-16-2-1-7-25-12-16/h1-7,12,14-15H,8-11,13H2,(H2,27,28,31). The van der Waals surface area contributed by atoms with E-state index in [9.17, 15) is 13.2 Å². The largest absolute Gasteiger partial charge is 0.366 e. The number of anilines is 2. The van der Waals surface area contributed by atoms with Crippen LogP contribution in [0.4, 0.5) is 16.2 Å². The van der Waals surface area contributed by atoms with Crippen LogP contribution >= 0.6 is 23.2 Å². The van der Waals surface area contributed by atoms with Crippen molar-refractivity contribution in [2.24, 2.45) is 0 Å². The summed E-state index contributed by atoms with van der Waals surface area (Å²) >= 11 is 12.5. The smallest absolute Gasteiger partial charge is 0.319 e. The Bertz CT molecular complexity index is 1230. The molecule has 0 aliphatic carbocycles. The van der Waals surface area contributed by atoms with Gasteiger partial charge in [-0.25, -0.2) is 13.2 Å². The van der Waals surface area contributed by atoms with Gasteiger partial charge in [-0.3, -0.25) is 9.97 Å². The summed E-state index contributed by atoms with van der Waals surface area (Å²) in [6.45, 7) is 1.79. The lowest BCUT2D eigenvalue weighted by Crippen LogP contribution is -2.48. The van der Waals surface area contributed by atoms with Crippen LogP contribution in [-0.2, 0) is 16.6 Å². The van der Waals surface area contributed by atoms with Crippen molar-refractivity contribution < 1.29 is 13.2 Å². The summed E-state index contributed by atoms with van der Waals surface area (Å²) < 4.78 is 27.6. The van der Waals surface area contributed by atoms with E-state index >= 15 is 0 Å². The number of amides is 2. The van der Waals surface area contributed by atoms with E-state index in [2.05, 4.69) is 20.6 Å². The lowest BCUT2D eigenvalue weighted by molar-refractivity contribution is 0.251. The van der Waals surface area contributed by atoms with Crippen LogP contribution in [0.5, 0.6) is 0 Å². The van der Waals surface area contributed by atoms with E-state index in [1.165, 1.54) is 28.8 Å². The predicted octanol–water partition coefficient (Wildman–Crippen LogP) is 3.62. The molecule has 4 rings (SSSR count). The molecular formula is C22H22Cl2N6O3S. The van der Waals surface area contributed by atoms with Crippen LogP contribution in [0.15, 0.2) is 66.1 Å². The Morgan fingerprint density at radius 3 is 2.24 bits per heavy atom. The summed E-state index contributed by atoms with van der Waals surface area (Å²) in [6.07, 6.45) is 6.35. The van der Waals surface area contributed by atoms with Crippen molar-refractivity contribution in [1.29, 1.82) is 0 Å². The molecule has 1 aliphatic rings. The van der Waals surface area contributed by atoms with Gasteiger partial charge >= 0.3 is 6.03 Å². The normalized spacial score (nSPS) is 14.6. The molecule has 2 amide bonds. The number of hydrogen-bond acceptors (Lipinski definition) is 6. The van der Waals surface area contributed by atoms with E-state index in [1.54, 1.807) is 30.6 Å². The van der Waals surface area contributed by atoms with Gasteiger partial charge in [0.15, 0.2) is 0 Å². The van der Waals surface area contributed by atoms with E-state index in [0.29, 0.717) is 41.1 Å². The Labute approximate surface area is 207 Å². The Kier molecular flexibility index (Phi) is 7.52. The van der Waals surface area contributed by atoms with E-state index in [4.69, 9.17) is 23.2 Å². The van der Waals surface area contributed by atoms with Gasteiger partial charge in [-0.1, -0.05) is 29.3 Å². The molecule has 0 bridgehead atoms. The highest BCUT2D eigenvalue weighted by molar-refractivity contribution is 7.89. The van der Waals surface area contributed by atoms with Crippen molar-refractivity contribution in [3.8, 4) is 0 Å². The predicted molar refractivity (Wildman–Crippen MR) is 132 cm³/mol. The molecule has 2 aromatic heterocycles. The van der Waals surface area contributed by atoms with Crippen LogP contribution in [0.2, 0.25) is 10.0 Å². The maximum atomic E-state index is 13.1. The number of hydrogen-bond donors (Lipinski definition) is 2. The third-order valence-corrected chi connectivity index (χ3v) is 7.77. The molecule has 1 fully saturated rings. The Balaban J connectivity index is 1.34. The summed E-state index contributed by atoms with van der Waals surface area (Å²) in [5.41, 5.74) is 2.01. The number of benzene rings is 1. The number of nitrogens with one attached hydrogen (secondary N) is 2. The summed E-state index contributed by atoms with van der Waals surface area (Å²) in [6, 6.07) is 9.32. The molecule has 0 spiro atoms. The number of piperazine rings is 1. The number of rotatable bonds is 6. The second-order valence-corrected chi connectivity index (χ2v) is 10.3. The van der Waals surface area contributed by atoms with E-state index in [-0.39, 0.29) is 18.0 Å².